The highest BCUT2D eigenvalue weighted by Crippen LogP contribution is 2.53. The zero-order chi connectivity index (χ0) is 14.6. The fraction of sp³-hybridized carbons (Fsp3) is 0.941. The van der Waals surface area contributed by atoms with Crippen LogP contribution < -0.4 is 0 Å². The van der Waals surface area contributed by atoms with Crippen LogP contribution in [-0.2, 0) is 9.53 Å². The van der Waals surface area contributed by atoms with E-state index in [1.165, 1.54) is 25.7 Å². The first kappa shape index (κ1) is 15.8. The molecule has 116 valence electrons. The van der Waals surface area contributed by atoms with E-state index in [9.17, 15) is 9.90 Å². The topological polar surface area (TPSA) is 46.5 Å². The van der Waals surface area contributed by atoms with Crippen LogP contribution in [0.1, 0.15) is 78.1 Å². The quantitative estimate of drug-likeness (QED) is 0.779. The number of ether oxygens (including phenoxy) is 1. The molecule has 0 saturated heterocycles. The molecule has 20 heavy (non-hydrogen) atoms. The van der Waals surface area contributed by atoms with Crippen molar-refractivity contribution in [3.05, 3.63) is 0 Å². The Labute approximate surface area is 123 Å². The molecule has 1 N–H and O–H groups in total. The van der Waals surface area contributed by atoms with Crippen molar-refractivity contribution in [1.82, 2.24) is 0 Å². The van der Waals surface area contributed by atoms with E-state index < -0.39 is 5.60 Å². The third kappa shape index (κ3) is 3.19. The van der Waals surface area contributed by atoms with Gasteiger partial charge in [-0.1, -0.05) is 26.2 Å². The summed E-state index contributed by atoms with van der Waals surface area (Å²) in [6, 6.07) is 0. The van der Waals surface area contributed by atoms with Crippen LogP contribution in [0.4, 0.5) is 0 Å². The van der Waals surface area contributed by atoms with Crippen LogP contribution >= 0.6 is 0 Å². The summed E-state index contributed by atoms with van der Waals surface area (Å²) >= 11 is 0. The molecule has 2 saturated carbocycles. The largest absolute Gasteiger partial charge is 0.466 e. The summed E-state index contributed by atoms with van der Waals surface area (Å²) in [5.41, 5.74) is -0.340. The Morgan fingerprint density at radius 3 is 2.20 bits per heavy atom. The Morgan fingerprint density at radius 1 is 1.10 bits per heavy atom. The third-order valence-corrected chi connectivity index (χ3v) is 5.64. The summed E-state index contributed by atoms with van der Waals surface area (Å²) in [5, 5.41) is 11.0. The molecule has 1 atom stereocenters. The van der Waals surface area contributed by atoms with Gasteiger partial charge in [0.05, 0.1) is 18.1 Å². The molecule has 0 bridgehead atoms. The number of hydrogen-bond acceptors (Lipinski definition) is 3. The van der Waals surface area contributed by atoms with Gasteiger partial charge in [-0.3, -0.25) is 4.79 Å². The molecule has 2 fully saturated rings. The summed E-state index contributed by atoms with van der Waals surface area (Å²) in [6.45, 7) is 4.30. The van der Waals surface area contributed by atoms with E-state index in [4.69, 9.17) is 4.74 Å². The van der Waals surface area contributed by atoms with Crippen molar-refractivity contribution in [2.75, 3.05) is 6.61 Å². The van der Waals surface area contributed by atoms with E-state index in [0.29, 0.717) is 12.0 Å². The van der Waals surface area contributed by atoms with Crippen molar-refractivity contribution >= 4 is 5.97 Å². The lowest BCUT2D eigenvalue weighted by atomic mass is 9.64. The molecular formula is C17H30O3. The maximum atomic E-state index is 12.2. The van der Waals surface area contributed by atoms with E-state index in [1.807, 2.05) is 6.92 Å². The highest BCUT2D eigenvalue weighted by Gasteiger charge is 2.48. The summed E-state index contributed by atoms with van der Waals surface area (Å²) in [5.74, 6) is -0.523. The Hall–Kier alpha value is -0.570. The number of rotatable bonds is 5. The van der Waals surface area contributed by atoms with Crippen molar-refractivity contribution in [3.8, 4) is 0 Å². The molecular weight excluding hydrogens is 252 g/mol. The predicted octanol–water partition coefficient (Wildman–Crippen LogP) is 3.83. The summed E-state index contributed by atoms with van der Waals surface area (Å²) < 4.78 is 5.19. The zero-order valence-corrected chi connectivity index (χ0v) is 13.1. The lowest BCUT2D eigenvalue weighted by Gasteiger charge is -2.45. The van der Waals surface area contributed by atoms with Crippen molar-refractivity contribution in [1.29, 1.82) is 0 Å². The normalized spacial score (nSPS) is 25.6. The minimum Gasteiger partial charge on any atom is -0.466 e. The second kappa shape index (κ2) is 6.46. The summed E-state index contributed by atoms with van der Waals surface area (Å²) in [4.78, 5) is 12.2. The van der Waals surface area contributed by atoms with E-state index in [0.717, 1.165) is 38.5 Å². The van der Waals surface area contributed by atoms with E-state index in [-0.39, 0.29) is 11.9 Å². The molecule has 0 amide bonds. The second-order valence-electron chi connectivity index (χ2n) is 6.90. The SMILES string of the molecule is CCCC(C(=O)OCC)C1(O)CCC2(CCCC2)CC1. The smallest absolute Gasteiger partial charge is 0.311 e. The molecule has 0 aromatic carbocycles. The van der Waals surface area contributed by atoms with Gasteiger partial charge < -0.3 is 9.84 Å². The Morgan fingerprint density at radius 2 is 1.70 bits per heavy atom. The number of esters is 1. The first-order chi connectivity index (χ1) is 9.55. The van der Waals surface area contributed by atoms with Crippen LogP contribution in [0.5, 0.6) is 0 Å². The van der Waals surface area contributed by atoms with Gasteiger partial charge in [0.1, 0.15) is 0 Å². The zero-order valence-electron chi connectivity index (χ0n) is 13.1. The standard InChI is InChI=1S/C17H30O3/c1-3-7-14(15(18)20-4-2)17(19)12-10-16(11-13-17)8-5-6-9-16/h14,19H,3-13H2,1-2H3. The fourth-order valence-corrected chi connectivity index (χ4v) is 4.32. The van der Waals surface area contributed by atoms with Gasteiger partial charge in [-0.15, -0.1) is 0 Å². The van der Waals surface area contributed by atoms with E-state index in [2.05, 4.69) is 6.92 Å². The fourth-order valence-electron chi connectivity index (χ4n) is 4.32. The highest BCUT2D eigenvalue weighted by atomic mass is 16.5. The molecule has 1 spiro atoms. The third-order valence-electron chi connectivity index (χ3n) is 5.64. The van der Waals surface area contributed by atoms with Crippen LogP contribution in [0.3, 0.4) is 0 Å². The average Bonchev–Trinajstić information content (AvgIpc) is 2.89. The average molecular weight is 282 g/mol. The molecule has 3 heteroatoms. The molecule has 3 nitrogen and oxygen atoms in total. The number of aliphatic hydroxyl groups is 1. The summed E-state index contributed by atoms with van der Waals surface area (Å²) in [6.07, 6.45) is 10.7. The predicted molar refractivity (Wildman–Crippen MR) is 79.3 cm³/mol. The van der Waals surface area contributed by atoms with Gasteiger partial charge in [0.2, 0.25) is 0 Å². The van der Waals surface area contributed by atoms with Gasteiger partial charge in [-0.2, -0.15) is 0 Å². The van der Waals surface area contributed by atoms with Crippen molar-refractivity contribution in [3.63, 3.8) is 0 Å². The first-order valence-electron chi connectivity index (χ1n) is 8.44. The van der Waals surface area contributed by atoms with Gasteiger partial charge in [0, 0.05) is 0 Å². The maximum absolute atomic E-state index is 12.2. The monoisotopic (exact) mass is 282 g/mol. The van der Waals surface area contributed by atoms with Crippen LogP contribution in [0, 0.1) is 11.3 Å². The summed E-state index contributed by atoms with van der Waals surface area (Å²) in [7, 11) is 0. The first-order valence-corrected chi connectivity index (χ1v) is 8.44. The molecule has 2 aliphatic carbocycles. The molecule has 0 radical (unpaired) electrons. The number of carbonyl (C=O) groups is 1. The molecule has 2 rings (SSSR count). The number of hydrogen-bond donors (Lipinski definition) is 1. The van der Waals surface area contributed by atoms with Gasteiger partial charge in [0.25, 0.3) is 0 Å². The Bertz CT molecular complexity index is 321. The lowest BCUT2D eigenvalue weighted by molar-refractivity contribution is -0.164. The molecule has 0 aromatic rings. The lowest BCUT2D eigenvalue weighted by Crippen LogP contribution is -2.47. The van der Waals surface area contributed by atoms with Gasteiger partial charge in [0.15, 0.2) is 0 Å². The molecule has 1 unspecified atom stereocenters. The van der Waals surface area contributed by atoms with E-state index in [1.54, 1.807) is 0 Å². The number of carbonyl (C=O) groups excluding carboxylic acids is 1. The van der Waals surface area contributed by atoms with Gasteiger partial charge in [-0.05, 0) is 57.3 Å². The molecule has 2 aliphatic rings. The van der Waals surface area contributed by atoms with Gasteiger partial charge in [-0.25, -0.2) is 0 Å². The van der Waals surface area contributed by atoms with E-state index >= 15 is 0 Å². The molecule has 0 heterocycles. The van der Waals surface area contributed by atoms with Crippen LogP contribution in [0.2, 0.25) is 0 Å². The van der Waals surface area contributed by atoms with Crippen LogP contribution in [-0.4, -0.2) is 23.3 Å². The van der Waals surface area contributed by atoms with Crippen LogP contribution in [0.25, 0.3) is 0 Å². The van der Waals surface area contributed by atoms with Gasteiger partial charge >= 0.3 is 5.97 Å². The maximum Gasteiger partial charge on any atom is 0.311 e. The minimum absolute atomic E-state index is 0.195. The Balaban J connectivity index is 2.02. The molecule has 0 aliphatic heterocycles. The van der Waals surface area contributed by atoms with Crippen LogP contribution in [0.15, 0.2) is 0 Å². The molecule has 0 aromatic heterocycles. The second-order valence-corrected chi connectivity index (χ2v) is 6.90. The van der Waals surface area contributed by atoms with Crippen molar-refractivity contribution in [2.45, 2.75) is 83.7 Å². The van der Waals surface area contributed by atoms with Crippen molar-refractivity contribution in [2.24, 2.45) is 11.3 Å². The highest BCUT2D eigenvalue weighted by molar-refractivity contribution is 5.73. The Kier molecular flexibility index (Phi) is 5.11. The minimum atomic E-state index is -0.823. The van der Waals surface area contributed by atoms with Crippen molar-refractivity contribution < 1.29 is 14.6 Å².